The highest BCUT2D eigenvalue weighted by Gasteiger charge is 2.30. The highest BCUT2D eigenvalue weighted by Crippen LogP contribution is 2.38. The maximum Gasteiger partial charge on any atom is 0.231 e. The van der Waals surface area contributed by atoms with Crippen LogP contribution in [-0.4, -0.2) is 31.1 Å². The van der Waals surface area contributed by atoms with E-state index in [9.17, 15) is 5.11 Å². The van der Waals surface area contributed by atoms with Crippen molar-refractivity contribution in [2.24, 2.45) is 5.92 Å². The average Bonchev–Trinajstić information content (AvgIpc) is 2.94. The predicted molar refractivity (Wildman–Crippen MR) is 64.6 cm³/mol. The standard InChI is InChI=1S/C13H17NO3/c1-9-10(7-15)4-5-14(9)11-2-3-12-13(6-11)17-8-16-12/h2-3,6,9-10,15H,4-5,7-8H2,1H3. The number of rotatable bonds is 2. The molecule has 2 atom stereocenters. The van der Waals surface area contributed by atoms with Gasteiger partial charge in [-0.15, -0.1) is 0 Å². The Kier molecular flexibility index (Phi) is 2.59. The molecule has 0 bridgehead atoms. The first kappa shape index (κ1) is 10.7. The first-order chi connectivity index (χ1) is 8.29. The van der Waals surface area contributed by atoms with Crippen LogP contribution in [0.4, 0.5) is 5.69 Å². The zero-order valence-electron chi connectivity index (χ0n) is 9.93. The molecule has 2 heterocycles. The van der Waals surface area contributed by atoms with E-state index < -0.39 is 0 Å². The van der Waals surface area contributed by atoms with E-state index in [1.807, 2.05) is 12.1 Å². The normalized spacial score (nSPS) is 26.6. The molecule has 17 heavy (non-hydrogen) atoms. The second kappa shape index (κ2) is 4.11. The smallest absolute Gasteiger partial charge is 0.231 e. The Morgan fingerprint density at radius 3 is 2.94 bits per heavy atom. The Morgan fingerprint density at radius 2 is 2.18 bits per heavy atom. The zero-order valence-corrected chi connectivity index (χ0v) is 9.93. The van der Waals surface area contributed by atoms with Crippen LogP contribution in [0.15, 0.2) is 18.2 Å². The Labute approximate surface area is 101 Å². The summed E-state index contributed by atoms with van der Waals surface area (Å²) >= 11 is 0. The van der Waals surface area contributed by atoms with E-state index in [-0.39, 0.29) is 6.61 Å². The molecule has 2 aliphatic rings. The maximum atomic E-state index is 9.28. The third-order valence-electron chi connectivity index (χ3n) is 3.84. The van der Waals surface area contributed by atoms with Crippen LogP contribution in [0, 0.1) is 5.92 Å². The number of aliphatic hydroxyl groups is 1. The van der Waals surface area contributed by atoms with E-state index in [4.69, 9.17) is 9.47 Å². The van der Waals surface area contributed by atoms with Crippen LogP contribution in [0.5, 0.6) is 11.5 Å². The molecule has 0 radical (unpaired) electrons. The molecule has 1 fully saturated rings. The van der Waals surface area contributed by atoms with Gasteiger partial charge in [-0.05, 0) is 25.5 Å². The number of aliphatic hydroxyl groups excluding tert-OH is 1. The van der Waals surface area contributed by atoms with E-state index in [1.54, 1.807) is 0 Å². The summed E-state index contributed by atoms with van der Waals surface area (Å²) in [5.74, 6) is 2.02. The molecule has 0 saturated carbocycles. The fraction of sp³-hybridized carbons (Fsp3) is 0.538. The quantitative estimate of drug-likeness (QED) is 0.846. The van der Waals surface area contributed by atoms with Crippen LogP contribution < -0.4 is 14.4 Å². The molecule has 1 saturated heterocycles. The summed E-state index contributed by atoms with van der Waals surface area (Å²) in [7, 11) is 0. The summed E-state index contributed by atoms with van der Waals surface area (Å²) in [5.41, 5.74) is 1.15. The number of ether oxygens (including phenoxy) is 2. The molecular formula is C13H17NO3. The van der Waals surface area contributed by atoms with Gasteiger partial charge < -0.3 is 19.5 Å². The van der Waals surface area contributed by atoms with E-state index >= 15 is 0 Å². The van der Waals surface area contributed by atoms with Crippen molar-refractivity contribution in [2.45, 2.75) is 19.4 Å². The Hall–Kier alpha value is -1.42. The number of hydrogen-bond donors (Lipinski definition) is 1. The molecule has 1 N–H and O–H groups in total. The molecule has 2 unspecified atom stereocenters. The van der Waals surface area contributed by atoms with Gasteiger partial charge in [0.25, 0.3) is 0 Å². The SMILES string of the molecule is CC1C(CO)CCN1c1ccc2c(c1)OCO2. The van der Waals surface area contributed by atoms with Crippen LogP contribution in [-0.2, 0) is 0 Å². The van der Waals surface area contributed by atoms with Gasteiger partial charge in [-0.25, -0.2) is 0 Å². The van der Waals surface area contributed by atoms with Gasteiger partial charge in [0.05, 0.1) is 0 Å². The lowest BCUT2D eigenvalue weighted by atomic mass is 10.0. The van der Waals surface area contributed by atoms with Gasteiger partial charge in [-0.1, -0.05) is 0 Å². The first-order valence-corrected chi connectivity index (χ1v) is 6.07. The summed E-state index contributed by atoms with van der Waals surface area (Å²) in [6.45, 7) is 3.74. The Bertz CT molecular complexity index is 421. The minimum absolute atomic E-state index is 0.266. The fourth-order valence-electron chi connectivity index (χ4n) is 2.68. The molecule has 1 aromatic carbocycles. The van der Waals surface area contributed by atoms with Gasteiger partial charge in [0, 0.05) is 36.9 Å². The summed E-state index contributed by atoms with van der Waals surface area (Å²) < 4.78 is 10.7. The summed E-state index contributed by atoms with van der Waals surface area (Å²) in [5, 5.41) is 9.28. The van der Waals surface area contributed by atoms with Gasteiger partial charge in [0.2, 0.25) is 6.79 Å². The van der Waals surface area contributed by atoms with Crippen LogP contribution >= 0.6 is 0 Å². The molecule has 3 rings (SSSR count). The van der Waals surface area contributed by atoms with Crippen molar-refractivity contribution in [3.05, 3.63) is 18.2 Å². The van der Waals surface area contributed by atoms with Crippen molar-refractivity contribution < 1.29 is 14.6 Å². The molecule has 4 heteroatoms. The lowest BCUT2D eigenvalue weighted by Crippen LogP contribution is -2.30. The third kappa shape index (κ3) is 1.72. The second-order valence-electron chi connectivity index (χ2n) is 4.70. The summed E-state index contributed by atoms with van der Waals surface area (Å²) in [6, 6.07) is 6.42. The van der Waals surface area contributed by atoms with Crippen LogP contribution in [0.3, 0.4) is 0 Å². The molecule has 92 valence electrons. The molecule has 0 aromatic heterocycles. The van der Waals surface area contributed by atoms with Gasteiger partial charge in [0.15, 0.2) is 11.5 Å². The summed E-state index contributed by atoms with van der Waals surface area (Å²) in [6.07, 6.45) is 1.05. The predicted octanol–water partition coefficient (Wildman–Crippen LogP) is 1.62. The molecule has 2 aliphatic heterocycles. The highest BCUT2D eigenvalue weighted by molar-refractivity contribution is 5.58. The average molecular weight is 235 g/mol. The van der Waals surface area contributed by atoms with E-state index in [0.29, 0.717) is 18.8 Å². The lowest BCUT2D eigenvalue weighted by Gasteiger charge is -2.26. The maximum absolute atomic E-state index is 9.28. The number of fused-ring (bicyclic) bond motifs is 1. The third-order valence-corrected chi connectivity index (χ3v) is 3.84. The van der Waals surface area contributed by atoms with Gasteiger partial charge in [-0.3, -0.25) is 0 Å². The number of nitrogens with zero attached hydrogens (tertiary/aromatic N) is 1. The van der Waals surface area contributed by atoms with E-state index in [0.717, 1.165) is 30.2 Å². The largest absolute Gasteiger partial charge is 0.454 e. The highest BCUT2D eigenvalue weighted by atomic mass is 16.7. The Morgan fingerprint density at radius 1 is 1.35 bits per heavy atom. The van der Waals surface area contributed by atoms with Crippen LogP contribution in [0.25, 0.3) is 0 Å². The first-order valence-electron chi connectivity index (χ1n) is 6.07. The van der Waals surface area contributed by atoms with Crippen molar-refractivity contribution in [3.63, 3.8) is 0 Å². The molecular weight excluding hydrogens is 218 g/mol. The monoisotopic (exact) mass is 235 g/mol. The van der Waals surface area contributed by atoms with E-state index in [1.165, 1.54) is 0 Å². The molecule has 0 aliphatic carbocycles. The number of anilines is 1. The van der Waals surface area contributed by atoms with Crippen LogP contribution in [0.2, 0.25) is 0 Å². The zero-order chi connectivity index (χ0) is 11.8. The van der Waals surface area contributed by atoms with Crippen molar-refractivity contribution in [2.75, 3.05) is 24.8 Å². The Balaban J connectivity index is 1.85. The minimum atomic E-state index is 0.266. The van der Waals surface area contributed by atoms with Gasteiger partial charge in [-0.2, -0.15) is 0 Å². The molecule has 4 nitrogen and oxygen atoms in total. The number of benzene rings is 1. The lowest BCUT2D eigenvalue weighted by molar-refractivity contribution is 0.174. The summed E-state index contributed by atoms with van der Waals surface area (Å²) in [4.78, 5) is 2.32. The van der Waals surface area contributed by atoms with Crippen molar-refractivity contribution in [1.82, 2.24) is 0 Å². The van der Waals surface area contributed by atoms with Crippen molar-refractivity contribution in [1.29, 1.82) is 0 Å². The number of hydrogen-bond acceptors (Lipinski definition) is 4. The van der Waals surface area contributed by atoms with Gasteiger partial charge >= 0.3 is 0 Å². The molecule has 1 aromatic rings. The fourth-order valence-corrected chi connectivity index (χ4v) is 2.68. The minimum Gasteiger partial charge on any atom is -0.454 e. The topological polar surface area (TPSA) is 41.9 Å². The van der Waals surface area contributed by atoms with Crippen molar-refractivity contribution >= 4 is 5.69 Å². The molecule has 0 spiro atoms. The van der Waals surface area contributed by atoms with Gasteiger partial charge in [0.1, 0.15) is 0 Å². The second-order valence-corrected chi connectivity index (χ2v) is 4.70. The van der Waals surface area contributed by atoms with E-state index in [2.05, 4.69) is 17.9 Å². The molecule has 0 amide bonds. The van der Waals surface area contributed by atoms with Crippen LogP contribution in [0.1, 0.15) is 13.3 Å². The van der Waals surface area contributed by atoms with Crippen molar-refractivity contribution in [3.8, 4) is 11.5 Å².